The van der Waals surface area contributed by atoms with Gasteiger partial charge in [0.15, 0.2) is 0 Å². The van der Waals surface area contributed by atoms with Gasteiger partial charge in [0.1, 0.15) is 0 Å². The molecule has 0 spiro atoms. The van der Waals surface area contributed by atoms with Gasteiger partial charge in [0.25, 0.3) is 5.91 Å². The van der Waals surface area contributed by atoms with Gasteiger partial charge >= 0.3 is 0 Å². The molecule has 1 unspecified atom stereocenters. The molecule has 0 aliphatic carbocycles. The summed E-state index contributed by atoms with van der Waals surface area (Å²) in [6.07, 6.45) is 3.79. The molecule has 1 aromatic carbocycles. The fourth-order valence-corrected chi connectivity index (χ4v) is 2.62. The van der Waals surface area contributed by atoms with Crippen molar-refractivity contribution in [1.29, 1.82) is 0 Å². The van der Waals surface area contributed by atoms with Gasteiger partial charge in [-0.3, -0.25) is 9.59 Å². The number of hydrogen-bond acceptors (Lipinski definition) is 2. The smallest absolute Gasteiger partial charge is 0.253 e. The topological polar surface area (TPSA) is 74.0 Å². The lowest BCUT2D eigenvalue weighted by Gasteiger charge is -2.14. The third-order valence-corrected chi connectivity index (χ3v) is 3.65. The first-order valence-electron chi connectivity index (χ1n) is 6.88. The van der Waals surface area contributed by atoms with Gasteiger partial charge < -0.3 is 15.6 Å². The van der Waals surface area contributed by atoms with Gasteiger partial charge in [-0.1, -0.05) is 18.2 Å². The lowest BCUT2D eigenvalue weighted by atomic mass is 10.1. The molecule has 3 rings (SSSR count). The third-order valence-electron chi connectivity index (χ3n) is 3.65. The van der Waals surface area contributed by atoms with E-state index in [0.29, 0.717) is 18.5 Å². The largest absolute Gasteiger partial charge is 0.360 e. The highest BCUT2D eigenvalue weighted by Crippen LogP contribution is 2.18. The number of fused-ring (bicyclic) bond motifs is 1. The standard InChI is InChI=1S/C15H17N3O2/c19-14-8-10(4-3-7-16-14)18-15(20)12-9-17-13-6-2-1-5-11(12)13/h1-2,5-6,9-10,17H,3-4,7-8H2,(H,16,19)(H,18,20). The molecule has 1 fully saturated rings. The van der Waals surface area contributed by atoms with Crippen LogP contribution < -0.4 is 10.6 Å². The van der Waals surface area contributed by atoms with Crippen molar-refractivity contribution in [2.24, 2.45) is 0 Å². The number of carbonyl (C=O) groups excluding carboxylic acids is 2. The highest BCUT2D eigenvalue weighted by molar-refractivity contribution is 6.06. The van der Waals surface area contributed by atoms with Gasteiger partial charge in [-0.25, -0.2) is 0 Å². The number of nitrogens with one attached hydrogen (secondary N) is 3. The Kier molecular flexibility index (Phi) is 3.41. The Balaban J connectivity index is 1.77. The van der Waals surface area contributed by atoms with Crippen molar-refractivity contribution >= 4 is 22.7 Å². The van der Waals surface area contributed by atoms with Crippen molar-refractivity contribution in [1.82, 2.24) is 15.6 Å². The fraction of sp³-hybridized carbons (Fsp3) is 0.333. The minimum absolute atomic E-state index is 0.00623. The summed E-state index contributed by atoms with van der Waals surface area (Å²) in [5.41, 5.74) is 1.57. The molecule has 20 heavy (non-hydrogen) atoms. The lowest BCUT2D eigenvalue weighted by molar-refractivity contribution is -0.121. The van der Waals surface area contributed by atoms with Gasteiger partial charge in [-0.05, 0) is 18.9 Å². The summed E-state index contributed by atoms with van der Waals surface area (Å²) in [4.78, 5) is 26.9. The average Bonchev–Trinajstić information content (AvgIpc) is 2.77. The van der Waals surface area contributed by atoms with E-state index in [1.165, 1.54) is 0 Å². The minimum Gasteiger partial charge on any atom is -0.360 e. The van der Waals surface area contributed by atoms with E-state index in [1.54, 1.807) is 6.20 Å². The highest BCUT2D eigenvalue weighted by Gasteiger charge is 2.21. The maximum Gasteiger partial charge on any atom is 0.253 e. The molecule has 1 aliphatic rings. The van der Waals surface area contributed by atoms with Gasteiger partial charge in [0.2, 0.25) is 5.91 Å². The maximum atomic E-state index is 12.3. The Morgan fingerprint density at radius 3 is 3.05 bits per heavy atom. The molecule has 5 heteroatoms. The molecule has 2 heterocycles. The van der Waals surface area contributed by atoms with Crippen LogP contribution in [0.1, 0.15) is 29.6 Å². The third kappa shape index (κ3) is 2.52. The van der Waals surface area contributed by atoms with Crippen molar-refractivity contribution in [3.8, 4) is 0 Å². The number of amides is 2. The second kappa shape index (κ2) is 5.36. The van der Waals surface area contributed by atoms with Crippen molar-refractivity contribution in [2.45, 2.75) is 25.3 Å². The van der Waals surface area contributed by atoms with E-state index >= 15 is 0 Å². The molecule has 2 aromatic rings. The highest BCUT2D eigenvalue weighted by atomic mass is 16.2. The molecule has 0 bridgehead atoms. The van der Waals surface area contributed by atoms with E-state index in [0.717, 1.165) is 23.7 Å². The fourth-order valence-electron chi connectivity index (χ4n) is 2.62. The van der Waals surface area contributed by atoms with Crippen LogP contribution in [0.25, 0.3) is 10.9 Å². The first kappa shape index (κ1) is 12.7. The predicted octanol–water partition coefficient (Wildman–Crippen LogP) is 1.57. The summed E-state index contributed by atoms with van der Waals surface area (Å²) in [7, 11) is 0. The number of aromatic nitrogens is 1. The molecule has 1 aliphatic heterocycles. The summed E-state index contributed by atoms with van der Waals surface area (Å²) >= 11 is 0. The van der Waals surface area contributed by atoms with Gasteiger partial charge in [-0.15, -0.1) is 0 Å². The second-order valence-corrected chi connectivity index (χ2v) is 5.11. The van der Waals surface area contributed by atoms with Crippen LogP contribution in [0.15, 0.2) is 30.5 Å². The van der Waals surface area contributed by atoms with Crippen LogP contribution in [0.4, 0.5) is 0 Å². The number of para-hydroxylation sites is 1. The molecular formula is C15H17N3O2. The quantitative estimate of drug-likeness (QED) is 0.775. The van der Waals surface area contributed by atoms with E-state index in [1.807, 2.05) is 24.3 Å². The number of carbonyl (C=O) groups is 2. The van der Waals surface area contributed by atoms with Crippen LogP contribution in [0.5, 0.6) is 0 Å². The van der Waals surface area contributed by atoms with E-state index < -0.39 is 0 Å². The summed E-state index contributed by atoms with van der Waals surface area (Å²) < 4.78 is 0. The zero-order valence-corrected chi connectivity index (χ0v) is 11.1. The number of benzene rings is 1. The number of H-pyrrole nitrogens is 1. The molecule has 1 saturated heterocycles. The van der Waals surface area contributed by atoms with Gasteiger partial charge in [0.05, 0.1) is 5.56 Å². The van der Waals surface area contributed by atoms with Crippen molar-refractivity contribution in [2.75, 3.05) is 6.54 Å². The lowest BCUT2D eigenvalue weighted by Crippen LogP contribution is -2.36. The predicted molar refractivity (Wildman–Crippen MR) is 76.4 cm³/mol. The Morgan fingerprint density at radius 2 is 2.15 bits per heavy atom. The monoisotopic (exact) mass is 271 g/mol. The van der Waals surface area contributed by atoms with E-state index in [2.05, 4.69) is 15.6 Å². The van der Waals surface area contributed by atoms with Crippen LogP contribution in [0, 0.1) is 0 Å². The number of hydrogen-bond donors (Lipinski definition) is 3. The zero-order valence-electron chi connectivity index (χ0n) is 11.1. The van der Waals surface area contributed by atoms with Gasteiger partial charge in [-0.2, -0.15) is 0 Å². The molecule has 3 N–H and O–H groups in total. The van der Waals surface area contributed by atoms with Crippen LogP contribution in [-0.2, 0) is 4.79 Å². The van der Waals surface area contributed by atoms with Crippen molar-refractivity contribution < 1.29 is 9.59 Å². The first-order chi connectivity index (χ1) is 9.74. The number of aromatic amines is 1. The van der Waals surface area contributed by atoms with Crippen molar-refractivity contribution in [3.05, 3.63) is 36.0 Å². The normalized spacial score (nSPS) is 19.4. The van der Waals surface area contributed by atoms with Crippen LogP contribution >= 0.6 is 0 Å². The van der Waals surface area contributed by atoms with Crippen LogP contribution in [0.3, 0.4) is 0 Å². The average molecular weight is 271 g/mol. The first-order valence-corrected chi connectivity index (χ1v) is 6.88. The van der Waals surface area contributed by atoms with E-state index in [-0.39, 0.29) is 17.9 Å². The molecular weight excluding hydrogens is 254 g/mol. The molecule has 0 radical (unpaired) electrons. The number of rotatable bonds is 2. The van der Waals surface area contributed by atoms with Gasteiger partial charge in [0, 0.05) is 36.1 Å². The van der Waals surface area contributed by atoms with E-state index in [9.17, 15) is 9.59 Å². The Hall–Kier alpha value is -2.30. The summed E-state index contributed by atoms with van der Waals surface area (Å²) in [5.74, 6) is -0.117. The molecule has 1 atom stereocenters. The van der Waals surface area contributed by atoms with Crippen molar-refractivity contribution in [3.63, 3.8) is 0 Å². The summed E-state index contributed by atoms with van der Waals surface area (Å²) in [6.45, 7) is 0.693. The molecule has 5 nitrogen and oxygen atoms in total. The minimum atomic E-state index is -0.123. The van der Waals surface area contributed by atoms with Crippen LogP contribution in [0.2, 0.25) is 0 Å². The maximum absolute atomic E-state index is 12.3. The summed E-state index contributed by atoms with van der Waals surface area (Å²) in [5, 5.41) is 6.69. The molecule has 0 saturated carbocycles. The SMILES string of the molecule is O=C1CC(NC(=O)c2c[nH]c3ccccc23)CCCN1. The van der Waals surface area contributed by atoms with E-state index in [4.69, 9.17) is 0 Å². The molecule has 104 valence electrons. The summed E-state index contributed by atoms with van der Waals surface area (Å²) in [6, 6.07) is 7.60. The molecule has 1 aromatic heterocycles. The molecule has 2 amide bonds. The Bertz CT molecular complexity index is 647. The second-order valence-electron chi connectivity index (χ2n) is 5.11. The van der Waals surface area contributed by atoms with Crippen LogP contribution in [-0.4, -0.2) is 29.4 Å². The Morgan fingerprint density at radius 1 is 1.30 bits per heavy atom. The zero-order chi connectivity index (χ0) is 13.9. The Labute approximate surface area is 116 Å².